The molecule has 0 aliphatic carbocycles. The highest BCUT2D eigenvalue weighted by Gasteiger charge is 2.11. The van der Waals surface area contributed by atoms with Crippen LogP contribution in [-0.2, 0) is 0 Å². The third-order valence-electron chi connectivity index (χ3n) is 4.61. The molecule has 116 valence electrons. The van der Waals surface area contributed by atoms with E-state index in [0.717, 1.165) is 0 Å². The zero-order valence-electron chi connectivity index (χ0n) is 12.6. The van der Waals surface area contributed by atoms with Crippen LogP contribution in [0.2, 0.25) is 0 Å². The summed E-state index contributed by atoms with van der Waals surface area (Å²) in [6.07, 6.45) is 0. The maximum atomic E-state index is 3.62. The molecule has 0 aliphatic heterocycles. The largest absolute Gasteiger partial charge is 0.138 e. The van der Waals surface area contributed by atoms with Crippen molar-refractivity contribution in [1.82, 2.24) is 0 Å². The molecule has 0 nitrogen and oxygen atoms in total. The topological polar surface area (TPSA) is 0 Å². The van der Waals surface area contributed by atoms with E-state index >= 15 is 0 Å². The minimum absolute atomic E-state index is 0.210. The molecule has 5 aromatic rings. The second kappa shape index (κ2) is 5.55. The van der Waals surface area contributed by atoms with Crippen LogP contribution in [0.15, 0.2) is 66.7 Å². The van der Waals surface area contributed by atoms with Gasteiger partial charge in [-0.25, -0.2) is 0 Å². The van der Waals surface area contributed by atoms with Crippen LogP contribution < -0.4 is 0 Å². The lowest BCUT2D eigenvalue weighted by Crippen LogP contribution is -1.80. The molecule has 0 saturated carbocycles. The van der Waals surface area contributed by atoms with Crippen LogP contribution >= 0.6 is 43.2 Å². The molecule has 0 spiro atoms. The molecule has 4 aromatic carbocycles. The molecule has 5 rings (SSSR count). The van der Waals surface area contributed by atoms with Gasteiger partial charge in [0.1, 0.15) is 3.74 Å². The van der Waals surface area contributed by atoms with Gasteiger partial charge in [-0.05, 0) is 56.6 Å². The maximum Gasteiger partial charge on any atom is 0.104 e. The summed E-state index contributed by atoms with van der Waals surface area (Å²) >= 11 is 9.07. The van der Waals surface area contributed by atoms with E-state index in [1.54, 1.807) is 0 Å². The van der Waals surface area contributed by atoms with Gasteiger partial charge in [-0.3, -0.25) is 0 Å². The highest BCUT2D eigenvalue weighted by molar-refractivity contribution is 9.24. The van der Waals surface area contributed by atoms with Crippen molar-refractivity contribution in [1.29, 1.82) is 0 Å². The summed E-state index contributed by atoms with van der Waals surface area (Å²) in [5.74, 6) is 0. The minimum Gasteiger partial charge on any atom is -0.138 e. The molecule has 0 radical (unpaired) electrons. The Bertz CT molecular complexity index is 1230. The van der Waals surface area contributed by atoms with Crippen molar-refractivity contribution in [2.75, 3.05) is 0 Å². The van der Waals surface area contributed by atoms with Crippen LogP contribution in [0.4, 0.5) is 0 Å². The van der Waals surface area contributed by atoms with Gasteiger partial charge < -0.3 is 0 Å². The Labute approximate surface area is 160 Å². The second-order valence-corrected chi connectivity index (χ2v) is 10.2. The van der Waals surface area contributed by atoms with E-state index in [1.807, 2.05) is 11.3 Å². The number of rotatable bonds is 1. The van der Waals surface area contributed by atoms with Crippen LogP contribution in [0.3, 0.4) is 0 Å². The Morgan fingerprint density at radius 2 is 1.33 bits per heavy atom. The van der Waals surface area contributed by atoms with E-state index in [2.05, 4.69) is 98.6 Å². The zero-order chi connectivity index (χ0) is 16.3. The van der Waals surface area contributed by atoms with Gasteiger partial charge in [-0.2, -0.15) is 0 Å². The van der Waals surface area contributed by atoms with Crippen LogP contribution in [-0.4, -0.2) is 0 Å². The van der Waals surface area contributed by atoms with Crippen molar-refractivity contribution in [3.8, 4) is 0 Å². The van der Waals surface area contributed by atoms with Crippen molar-refractivity contribution in [2.24, 2.45) is 0 Å². The number of thiophene rings is 1. The van der Waals surface area contributed by atoms with Gasteiger partial charge in [-0.15, -0.1) is 11.3 Å². The van der Waals surface area contributed by atoms with Crippen molar-refractivity contribution in [3.05, 3.63) is 71.6 Å². The van der Waals surface area contributed by atoms with Crippen LogP contribution in [0, 0.1) is 0 Å². The fourth-order valence-corrected chi connectivity index (χ4v) is 5.24. The SMILES string of the molecule is BrC(Br)c1cc2c(ccc3c4cc5ccccc5cc4ccc23)s1. The molecule has 24 heavy (non-hydrogen) atoms. The number of hydrogen-bond donors (Lipinski definition) is 0. The lowest BCUT2D eigenvalue weighted by Gasteiger charge is -2.07. The number of alkyl halides is 2. The Morgan fingerprint density at radius 1 is 0.625 bits per heavy atom. The molecule has 3 heteroatoms. The average Bonchev–Trinajstić information content (AvgIpc) is 3.04. The lowest BCUT2D eigenvalue weighted by molar-refractivity contribution is 1.58. The van der Waals surface area contributed by atoms with Gasteiger partial charge in [0.15, 0.2) is 0 Å². The Morgan fingerprint density at radius 3 is 2.12 bits per heavy atom. The van der Waals surface area contributed by atoms with Crippen molar-refractivity contribution in [3.63, 3.8) is 0 Å². The fourth-order valence-electron chi connectivity index (χ4n) is 3.48. The predicted octanol–water partition coefficient (Wildman–Crippen LogP) is 8.15. The molecule has 0 bridgehead atoms. The molecule has 1 aromatic heterocycles. The summed E-state index contributed by atoms with van der Waals surface area (Å²) in [5, 5.41) is 9.22. The summed E-state index contributed by atoms with van der Waals surface area (Å²) in [6.45, 7) is 0. The Hall–Kier alpha value is -1.42. The minimum atomic E-state index is 0.210. The Balaban J connectivity index is 1.92. The van der Waals surface area contributed by atoms with Crippen LogP contribution in [0.5, 0.6) is 0 Å². The predicted molar refractivity (Wildman–Crippen MR) is 115 cm³/mol. The van der Waals surface area contributed by atoms with Crippen molar-refractivity contribution < 1.29 is 0 Å². The standard InChI is InChI=1S/C21H12Br2S/c22-21(23)20-11-18-16-6-5-14-9-12-3-1-2-4-13(12)10-17(14)15(16)7-8-19(18)24-20/h1-11,21H. The third-order valence-corrected chi connectivity index (χ3v) is 7.37. The monoisotopic (exact) mass is 454 g/mol. The molecule has 0 atom stereocenters. The molecule has 0 N–H and O–H groups in total. The molecular weight excluding hydrogens is 444 g/mol. The summed E-state index contributed by atoms with van der Waals surface area (Å²) in [7, 11) is 0. The highest BCUT2D eigenvalue weighted by Crippen LogP contribution is 2.41. The third kappa shape index (κ3) is 2.22. The van der Waals surface area contributed by atoms with E-state index in [1.165, 1.54) is 47.3 Å². The summed E-state index contributed by atoms with van der Waals surface area (Å²) in [4.78, 5) is 1.30. The second-order valence-electron chi connectivity index (χ2n) is 6.01. The number of halogens is 2. The van der Waals surface area contributed by atoms with Gasteiger partial charge in [-0.1, -0.05) is 74.3 Å². The molecule has 0 aliphatic rings. The number of hydrogen-bond acceptors (Lipinski definition) is 1. The van der Waals surface area contributed by atoms with E-state index in [-0.39, 0.29) is 3.74 Å². The van der Waals surface area contributed by atoms with Crippen molar-refractivity contribution in [2.45, 2.75) is 3.74 Å². The van der Waals surface area contributed by atoms with E-state index < -0.39 is 0 Å². The average molecular weight is 456 g/mol. The zero-order valence-corrected chi connectivity index (χ0v) is 16.6. The normalized spacial score (nSPS) is 12.1. The summed E-state index contributed by atoms with van der Waals surface area (Å²) < 4.78 is 1.54. The first-order chi connectivity index (χ1) is 11.7. The molecule has 1 heterocycles. The molecule has 0 fully saturated rings. The van der Waals surface area contributed by atoms with E-state index in [9.17, 15) is 0 Å². The highest BCUT2D eigenvalue weighted by atomic mass is 79.9. The van der Waals surface area contributed by atoms with Gasteiger partial charge in [0.2, 0.25) is 0 Å². The maximum absolute atomic E-state index is 3.62. The quantitative estimate of drug-likeness (QED) is 0.136. The first-order valence-corrected chi connectivity index (χ1v) is 10.4. The Kier molecular flexibility index (Phi) is 3.44. The van der Waals surface area contributed by atoms with Gasteiger partial charge in [0, 0.05) is 15.0 Å². The van der Waals surface area contributed by atoms with Gasteiger partial charge in [0.05, 0.1) is 0 Å². The van der Waals surface area contributed by atoms with Crippen molar-refractivity contribution >= 4 is 85.6 Å². The molecule has 0 saturated heterocycles. The lowest BCUT2D eigenvalue weighted by atomic mass is 9.97. The first-order valence-electron chi connectivity index (χ1n) is 7.76. The summed E-state index contributed by atoms with van der Waals surface area (Å²) in [5.41, 5.74) is 0. The fraction of sp³-hybridized carbons (Fsp3) is 0.0476. The molecular formula is C21H12Br2S. The summed E-state index contributed by atoms with van der Waals surface area (Å²) in [6, 6.07) is 24.5. The first kappa shape index (κ1) is 14.9. The number of fused-ring (bicyclic) bond motifs is 6. The van der Waals surface area contributed by atoms with Gasteiger partial charge in [0.25, 0.3) is 0 Å². The molecule has 0 amide bonds. The molecule has 0 unspecified atom stereocenters. The van der Waals surface area contributed by atoms with E-state index in [0.29, 0.717) is 0 Å². The number of benzene rings is 4. The van der Waals surface area contributed by atoms with Crippen LogP contribution in [0.1, 0.15) is 8.61 Å². The smallest absolute Gasteiger partial charge is 0.104 e. The van der Waals surface area contributed by atoms with E-state index in [4.69, 9.17) is 0 Å². The van der Waals surface area contributed by atoms with Gasteiger partial charge >= 0.3 is 0 Å². The van der Waals surface area contributed by atoms with Crippen LogP contribution in [0.25, 0.3) is 42.4 Å².